The van der Waals surface area contributed by atoms with Gasteiger partial charge in [0.1, 0.15) is 13.2 Å². The van der Waals surface area contributed by atoms with E-state index in [4.69, 9.17) is 14.2 Å². The molecule has 77 heavy (non-hydrogen) atoms. The molecule has 0 saturated carbocycles. The summed E-state index contributed by atoms with van der Waals surface area (Å²) in [5.41, 5.74) is 0. The third-order valence-electron chi connectivity index (χ3n) is 14.7. The van der Waals surface area contributed by atoms with Gasteiger partial charge < -0.3 is 14.2 Å². The van der Waals surface area contributed by atoms with E-state index >= 15 is 0 Å². The summed E-state index contributed by atoms with van der Waals surface area (Å²) in [5, 5.41) is 0. The molecule has 0 aliphatic carbocycles. The molecule has 0 rings (SSSR count). The minimum Gasteiger partial charge on any atom is -0.462 e. The van der Waals surface area contributed by atoms with Crippen molar-refractivity contribution in [2.75, 3.05) is 13.2 Å². The first-order valence-electron chi connectivity index (χ1n) is 33.4. The number of allylic oxidation sites excluding steroid dienone is 12. The molecular formula is C71H126O6. The highest BCUT2D eigenvalue weighted by atomic mass is 16.6. The zero-order valence-electron chi connectivity index (χ0n) is 51.2. The van der Waals surface area contributed by atoms with Gasteiger partial charge in [-0.3, -0.25) is 14.4 Å². The largest absolute Gasteiger partial charge is 0.462 e. The topological polar surface area (TPSA) is 78.9 Å². The molecule has 0 aliphatic rings. The quantitative estimate of drug-likeness (QED) is 0.0261. The molecular weight excluding hydrogens is 949 g/mol. The van der Waals surface area contributed by atoms with E-state index in [1.54, 1.807) is 0 Å². The second-order valence-electron chi connectivity index (χ2n) is 22.4. The number of hydrogen-bond donors (Lipinski definition) is 0. The van der Waals surface area contributed by atoms with Crippen LogP contribution in [0.4, 0.5) is 0 Å². The summed E-state index contributed by atoms with van der Waals surface area (Å²) in [7, 11) is 0. The Hall–Kier alpha value is -3.15. The Bertz CT molecular complexity index is 1420. The Morgan fingerprint density at radius 1 is 0.273 bits per heavy atom. The van der Waals surface area contributed by atoms with Crippen LogP contribution in [0.3, 0.4) is 0 Å². The SMILES string of the molecule is CC/C=C\C/C=C\C/C=C\C/C=C\C/C=C\CCCCCCCCCCCCCC(=O)OCC(COC(=O)CCCCCCC/C=C\CCCCC)OC(=O)CCCCCCCCCCCCCCCCCCCCCC. The van der Waals surface area contributed by atoms with Crippen LogP contribution in [-0.2, 0) is 28.6 Å². The van der Waals surface area contributed by atoms with Gasteiger partial charge in [-0.15, -0.1) is 0 Å². The lowest BCUT2D eigenvalue weighted by Crippen LogP contribution is -2.30. The van der Waals surface area contributed by atoms with E-state index in [0.717, 1.165) is 96.3 Å². The van der Waals surface area contributed by atoms with Crippen molar-refractivity contribution in [3.05, 3.63) is 72.9 Å². The van der Waals surface area contributed by atoms with Gasteiger partial charge in [0.25, 0.3) is 0 Å². The molecule has 0 aromatic rings. The maximum Gasteiger partial charge on any atom is 0.306 e. The molecule has 446 valence electrons. The third-order valence-corrected chi connectivity index (χ3v) is 14.7. The second kappa shape index (κ2) is 65.4. The maximum absolute atomic E-state index is 12.9. The molecule has 0 aromatic heterocycles. The van der Waals surface area contributed by atoms with E-state index in [2.05, 4.69) is 93.7 Å². The number of rotatable bonds is 61. The van der Waals surface area contributed by atoms with Crippen LogP contribution >= 0.6 is 0 Å². The summed E-state index contributed by atoms with van der Waals surface area (Å²) < 4.78 is 16.9. The van der Waals surface area contributed by atoms with Gasteiger partial charge in [0, 0.05) is 19.3 Å². The first-order chi connectivity index (χ1) is 38.0. The molecule has 0 bridgehead atoms. The summed E-state index contributed by atoms with van der Waals surface area (Å²) >= 11 is 0. The molecule has 0 aliphatic heterocycles. The van der Waals surface area contributed by atoms with Gasteiger partial charge in [0.05, 0.1) is 0 Å². The molecule has 0 N–H and O–H groups in total. The lowest BCUT2D eigenvalue weighted by Gasteiger charge is -2.18. The molecule has 0 radical (unpaired) electrons. The van der Waals surface area contributed by atoms with Crippen LogP contribution in [0.2, 0.25) is 0 Å². The second-order valence-corrected chi connectivity index (χ2v) is 22.4. The number of carbonyl (C=O) groups excluding carboxylic acids is 3. The van der Waals surface area contributed by atoms with Crippen molar-refractivity contribution in [3.63, 3.8) is 0 Å². The monoisotopic (exact) mass is 1070 g/mol. The summed E-state index contributed by atoms with van der Waals surface area (Å²) in [6.45, 7) is 6.54. The molecule has 0 spiro atoms. The van der Waals surface area contributed by atoms with Crippen molar-refractivity contribution in [3.8, 4) is 0 Å². The van der Waals surface area contributed by atoms with Crippen LogP contribution in [0.5, 0.6) is 0 Å². The molecule has 6 nitrogen and oxygen atoms in total. The fourth-order valence-electron chi connectivity index (χ4n) is 9.70. The molecule has 1 unspecified atom stereocenters. The lowest BCUT2D eigenvalue weighted by atomic mass is 10.0. The summed E-state index contributed by atoms with van der Waals surface area (Å²) in [6.07, 6.45) is 84.9. The van der Waals surface area contributed by atoms with E-state index in [-0.39, 0.29) is 31.1 Å². The predicted octanol–water partition coefficient (Wildman–Crippen LogP) is 22.9. The van der Waals surface area contributed by atoms with Gasteiger partial charge in [0.15, 0.2) is 6.10 Å². The zero-order chi connectivity index (χ0) is 55.7. The van der Waals surface area contributed by atoms with Crippen LogP contribution in [0.25, 0.3) is 0 Å². The third kappa shape index (κ3) is 63.6. The Morgan fingerprint density at radius 3 is 0.831 bits per heavy atom. The number of ether oxygens (including phenoxy) is 3. The Balaban J connectivity index is 4.25. The van der Waals surface area contributed by atoms with Gasteiger partial charge >= 0.3 is 17.9 Å². The van der Waals surface area contributed by atoms with Gasteiger partial charge in [-0.1, -0.05) is 306 Å². The average molecular weight is 1080 g/mol. The molecule has 0 saturated heterocycles. The van der Waals surface area contributed by atoms with Gasteiger partial charge in [0.2, 0.25) is 0 Å². The predicted molar refractivity (Wildman–Crippen MR) is 335 cm³/mol. The standard InChI is InChI=1S/C71H126O6/c1-4-7-10-13-16-19-22-25-27-29-31-33-34-35-36-37-38-39-41-42-44-46-49-52-55-58-61-64-70(73)76-67-68(66-75-69(72)63-60-57-54-51-48-24-21-18-15-12-9-6-3)77-71(74)65-62-59-56-53-50-47-45-43-40-32-30-28-26-23-20-17-14-11-8-5-2/h7,10,16,18-19,21,25,27,31,33,35-36,68H,4-6,8-9,11-15,17,20,22-24,26,28-30,32,34,37-67H2,1-3H3/b10-7-,19-16-,21-18-,27-25-,33-31-,36-35-. The van der Waals surface area contributed by atoms with Crippen molar-refractivity contribution < 1.29 is 28.6 Å². The maximum atomic E-state index is 12.9. The van der Waals surface area contributed by atoms with Crippen molar-refractivity contribution >= 4 is 17.9 Å². The smallest absolute Gasteiger partial charge is 0.306 e. The number of carbonyl (C=O) groups is 3. The fourth-order valence-corrected chi connectivity index (χ4v) is 9.70. The van der Waals surface area contributed by atoms with E-state index in [9.17, 15) is 14.4 Å². The van der Waals surface area contributed by atoms with Gasteiger partial charge in [-0.2, -0.15) is 0 Å². The van der Waals surface area contributed by atoms with Crippen LogP contribution in [-0.4, -0.2) is 37.2 Å². The Kier molecular flexibility index (Phi) is 62.7. The summed E-state index contributed by atoms with van der Waals surface area (Å²) in [6, 6.07) is 0. The van der Waals surface area contributed by atoms with Crippen molar-refractivity contribution in [1.29, 1.82) is 0 Å². The van der Waals surface area contributed by atoms with Gasteiger partial charge in [-0.25, -0.2) is 0 Å². The number of hydrogen-bond acceptors (Lipinski definition) is 6. The van der Waals surface area contributed by atoms with E-state index in [1.807, 2.05) is 0 Å². The molecule has 0 amide bonds. The van der Waals surface area contributed by atoms with Crippen LogP contribution in [0.1, 0.15) is 342 Å². The van der Waals surface area contributed by atoms with Gasteiger partial charge in [-0.05, 0) is 89.9 Å². The molecule has 0 fully saturated rings. The highest BCUT2D eigenvalue weighted by Crippen LogP contribution is 2.17. The lowest BCUT2D eigenvalue weighted by molar-refractivity contribution is -0.167. The van der Waals surface area contributed by atoms with E-state index in [1.165, 1.54) is 205 Å². The summed E-state index contributed by atoms with van der Waals surface area (Å²) in [5.74, 6) is -0.869. The molecule has 6 heteroatoms. The first kappa shape index (κ1) is 73.8. The Labute approximate surface area is 478 Å². The molecule has 0 aromatic carbocycles. The van der Waals surface area contributed by atoms with E-state index < -0.39 is 6.10 Å². The van der Waals surface area contributed by atoms with Crippen LogP contribution in [0, 0.1) is 0 Å². The highest BCUT2D eigenvalue weighted by Gasteiger charge is 2.19. The van der Waals surface area contributed by atoms with Crippen LogP contribution in [0.15, 0.2) is 72.9 Å². The zero-order valence-corrected chi connectivity index (χ0v) is 51.2. The molecule has 1 atom stereocenters. The normalized spacial score (nSPS) is 12.5. The average Bonchev–Trinajstić information content (AvgIpc) is 3.43. The van der Waals surface area contributed by atoms with Crippen molar-refractivity contribution in [2.24, 2.45) is 0 Å². The first-order valence-corrected chi connectivity index (χ1v) is 33.4. The molecule has 0 heterocycles. The highest BCUT2D eigenvalue weighted by molar-refractivity contribution is 5.71. The number of unbranched alkanes of at least 4 members (excludes halogenated alkanes) is 38. The minimum absolute atomic E-state index is 0.0759. The Morgan fingerprint density at radius 2 is 0.506 bits per heavy atom. The number of esters is 3. The fraction of sp³-hybridized carbons (Fsp3) is 0.789. The van der Waals surface area contributed by atoms with Crippen molar-refractivity contribution in [1.82, 2.24) is 0 Å². The van der Waals surface area contributed by atoms with Crippen LogP contribution < -0.4 is 0 Å². The van der Waals surface area contributed by atoms with E-state index in [0.29, 0.717) is 19.3 Å². The van der Waals surface area contributed by atoms with Crippen molar-refractivity contribution in [2.45, 2.75) is 348 Å². The minimum atomic E-state index is -0.778. The summed E-state index contributed by atoms with van der Waals surface area (Å²) in [4.78, 5) is 38.3.